The van der Waals surface area contributed by atoms with Gasteiger partial charge in [0.2, 0.25) is 0 Å². The van der Waals surface area contributed by atoms with Crippen LogP contribution in [-0.2, 0) is 30.5 Å². The number of rotatable bonds is 13. The average Bonchev–Trinajstić information content (AvgIpc) is 3.22. The molecule has 38 heavy (non-hydrogen) atoms. The third-order valence-corrected chi connectivity index (χ3v) is 6.74. The van der Waals surface area contributed by atoms with Crippen LogP contribution in [0.2, 0.25) is 0 Å². The van der Waals surface area contributed by atoms with Gasteiger partial charge in [-0.1, -0.05) is 57.3 Å². The number of oxime groups is 1. The summed E-state index contributed by atoms with van der Waals surface area (Å²) in [6, 6.07) is 11.2. The van der Waals surface area contributed by atoms with Crippen LogP contribution < -0.4 is 0 Å². The number of carbonyl (C=O) groups excluding carboxylic acids is 3. The lowest BCUT2D eigenvalue weighted by atomic mass is 9.99. The summed E-state index contributed by atoms with van der Waals surface area (Å²) >= 11 is 0. The fourth-order valence-corrected chi connectivity index (χ4v) is 4.64. The van der Waals surface area contributed by atoms with E-state index in [1.165, 1.54) is 6.92 Å². The lowest BCUT2D eigenvalue weighted by Gasteiger charge is -2.17. The van der Waals surface area contributed by atoms with Gasteiger partial charge in [0.1, 0.15) is 5.71 Å². The topological polar surface area (TPSA) is 111 Å². The van der Waals surface area contributed by atoms with E-state index in [1.807, 2.05) is 30.3 Å². The molecule has 0 aliphatic heterocycles. The van der Waals surface area contributed by atoms with Crippen LogP contribution >= 0.6 is 0 Å². The van der Waals surface area contributed by atoms with Gasteiger partial charge in [0.25, 0.3) is 0 Å². The summed E-state index contributed by atoms with van der Waals surface area (Å²) < 4.78 is 7.32. The molecule has 0 radical (unpaired) electrons. The smallest absolute Gasteiger partial charge is 0.356 e. The van der Waals surface area contributed by atoms with Crippen LogP contribution in [0, 0.1) is 11.3 Å². The molecular weight excluding hydrogens is 482 g/mol. The zero-order chi connectivity index (χ0) is 27.8. The molecule has 2 aromatic carbocycles. The van der Waals surface area contributed by atoms with E-state index in [-0.39, 0.29) is 30.2 Å². The highest BCUT2D eigenvalue weighted by Gasteiger charge is 2.21. The van der Waals surface area contributed by atoms with Gasteiger partial charge in [-0.3, -0.25) is 10.2 Å². The molecule has 1 atom stereocenters. The number of benzene rings is 2. The number of unbranched alkanes of at least 4 members (excludes halogenated alkanes) is 1. The Kier molecular flexibility index (Phi) is 9.93. The molecule has 8 heteroatoms. The Morgan fingerprint density at radius 1 is 0.974 bits per heavy atom. The molecule has 0 aliphatic carbocycles. The molecule has 0 saturated heterocycles. The molecule has 3 rings (SSSR count). The number of hydrogen-bond donors (Lipinski definition) is 1. The van der Waals surface area contributed by atoms with Crippen molar-refractivity contribution < 1.29 is 24.0 Å². The first-order valence-electron chi connectivity index (χ1n) is 13.4. The van der Waals surface area contributed by atoms with Crippen molar-refractivity contribution in [1.29, 1.82) is 5.41 Å². The fraction of sp³-hybridized carbons (Fsp3) is 0.433. The molecule has 202 valence electrons. The number of ketones is 1. The van der Waals surface area contributed by atoms with E-state index < -0.39 is 11.9 Å². The Bertz CT molecular complexity index is 1390. The lowest BCUT2D eigenvalue weighted by molar-refractivity contribution is -0.141. The molecule has 0 saturated carbocycles. The first-order chi connectivity index (χ1) is 18.2. The molecule has 0 spiro atoms. The number of ether oxygens (including phenoxy) is 1. The summed E-state index contributed by atoms with van der Waals surface area (Å²) in [5.74, 6) is -1.03. The maximum atomic E-state index is 12.7. The van der Waals surface area contributed by atoms with Gasteiger partial charge in [-0.15, -0.1) is 0 Å². The van der Waals surface area contributed by atoms with Crippen LogP contribution in [0.25, 0.3) is 21.8 Å². The Hall–Kier alpha value is -3.81. The fourth-order valence-electron chi connectivity index (χ4n) is 4.64. The number of carbonyl (C=O) groups is 3. The van der Waals surface area contributed by atoms with Gasteiger partial charge < -0.3 is 14.1 Å². The summed E-state index contributed by atoms with van der Waals surface area (Å²) in [7, 11) is 0. The molecule has 8 nitrogen and oxygen atoms in total. The van der Waals surface area contributed by atoms with Crippen molar-refractivity contribution in [2.45, 2.75) is 73.3 Å². The minimum Gasteiger partial charge on any atom is -0.461 e. The first kappa shape index (κ1) is 28.8. The van der Waals surface area contributed by atoms with Crippen LogP contribution in [0.1, 0.15) is 77.8 Å². The van der Waals surface area contributed by atoms with Gasteiger partial charge in [0, 0.05) is 52.8 Å². The van der Waals surface area contributed by atoms with Gasteiger partial charge in [-0.2, -0.15) is 0 Å². The van der Waals surface area contributed by atoms with Crippen molar-refractivity contribution in [3.05, 3.63) is 47.5 Å². The van der Waals surface area contributed by atoms with E-state index in [9.17, 15) is 14.4 Å². The van der Waals surface area contributed by atoms with Gasteiger partial charge in [0.15, 0.2) is 11.5 Å². The first-order valence-corrected chi connectivity index (χ1v) is 13.4. The van der Waals surface area contributed by atoms with E-state index >= 15 is 0 Å². The van der Waals surface area contributed by atoms with E-state index in [2.05, 4.69) is 23.6 Å². The van der Waals surface area contributed by atoms with Gasteiger partial charge in [0.05, 0.1) is 6.61 Å². The molecule has 0 aliphatic rings. The van der Waals surface area contributed by atoms with Crippen molar-refractivity contribution in [2.24, 2.45) is 11.1 Å². The molecule has 0 bridgehead atoms. The second-order valence-electron chi connectivity index (χ2n) is 9.39. The third kappa shape index (κ3) is 6.36. The zero-order valence-corrected chi connectivity index (χ0v) is 22.9. The van der Waals surface area contributed by atoms with E-state index in [0.29, 0.717) is 17.0 Å². The Labute approximate surface area is 223 Å². The van der Waals surface area contributed by atoms with E-state index in [0.717, 1.165) is 54.0 Å². The second-order valence-corrected chi connectivity index (χ2v) is 9.39. The highest BCUT2D eigenvalue weighted by Crippen LogP contribution is 2.33. The van der Waals surface area contributed by atoms with Gasteiger partial charge >= 0.3 is 11.9 Å². The predicted molar refractivity (Wildman–Crippen MR) is 150 cm³/mol. The van der Waals surface area contributed by atoms with Crippen LogP contribution in [0.5, 0.6) is 0 Å². The maximum Gasteiger partial charge on any atom is 0.356 e. The van der Waals surface area contributed by atoms with Crippen molar-refractivity contribution in [2.75, 3.05) is 6.61 Å². The number of nitrogens with one attached hydrogen (secondary N) is 1. The average molecular weight is 520 g/mol. The number of hydrogen-bond acceptors (Lipinski definition) is 7. The minimum absolute atomic E-state index is 0.0790. The van der Waals surface area contributed by atoms with E-state index in [1.54, 1.807) is 19.9 Å². The molecular formula is C30H37N3O5. The quantitative estimate of drug-likeness (QED) is 0.125. The Balaban J connectivity index is 2.24. The maximum absolute atomic E-state index is 12.7. The monoisotopic (exact) mass is 519 g/mol. The molecule has 1 N–H and O–H groups in total. The zero-order valence-electron chi connectivity index (χ0n) is 22.9. The van der Waals surface area contributed by atoms with Crippen LogP contribution in [-0.4, -0.2) is 40.3 Å². The van der Waals surface area contributed by atoms with Crippen molar-refractivity contribution in [1.82, 2.24) is 4.57 Å². The minimum atomic E-state index is -0.675. The normalized spacial score (nSPS) is 12.5. The Morgan fingerprint density at radius 2 is 1.61 bits per heavy atom. The molecule has 3 aromatic rings. The lowest BCUT2D eigenvalue weighted by Crippen LogP contribution is -2.17. The number of fused-ring (bicyclic) bond motifs is 3. The largest absolute Gasteiger partial charge is 0.461 e. The van der Waals surface area contributed by atoms with E-state index in [4.69, 9.17) is 15.0 Å². The highest BCUT2D eigenvalue weighted by molar-refractivity contribution is 6.46. The van der Waals surface area contributed by atoms with Crippen LogP contribution in [0.4, 0.5) is 0 Å². The van der Waals surface area contributed by atoms with Crippen LogP contribution in [0.3, 0.4) is 0 Å². The number of nitrogens with zero attached hydrogens (tertiary/aromatic N) is 2. The summed E-state index contributed by atoms with van der Waals surface area (Å²) in [6.45, 7) is 10.1. The number of aromatic nitrogens is 1. The number of Topliss-reactive ketones (excluding diaryl/α,β-unsaturated/α-hetero) is 1. The standard InChI is InChI=1S/C30H37N3O5/c1-6-10-11-20(7-2)18-33-25-14-12-21(28(31)30(36)37-9-4)16-23(25)24-17-22(13-15-26(24)33)29(27(35)8-3)32-38-19(5)34/h12-17,20,31H,6-11,18H2,1-5H3/b31-28?,32-29-. The summed E-state index contributed by atoms with van der Waals surface area (Å²) in [5, 5.41) is 13.9. The SMILES string of the molecule is CCCCC(CC)Cn1c2ccc(C(=N)C(=O)OCC)cc2c2cc(/C(=N/OC(C)=O)C(=O)CC)ccc21. The predicted octanol–water partition coefficient (Wildman–Crippen LogP) is 6.19. The Morgan fingerprint density at radius 3 is 2.16 bits per heavy atom. The van der Waals surface area contributed by atoms with Crippen molar-refractivity contribution >= 4 is 51.0 Å². The van der Waals surface area contributed by atoms with Crippen molar-refractivity contribution in [3.8, 4) is 0 Å². The van der Waals surface area contributed by atoms with Gasteiger partial charge in [-0.05, 0) is 43.5 Å². The molecule has 1 heterocycles. The number of esters is 1. The second kappa shape index (κ2) is 13.1. The third-order valence-electron chi connectivity index (χ3n) is 6.74. The van der Waals surface area contributed by atoms with Crippen LogP contribution in [0.15, 0.2) is 41.6 Å². The van der Waals surface area contributed by atoms with Gasteiger partial charge in [-0.25, -0.2) is 9.59 Å². The summed E-state index contributed by atoms with van der Waals surface area (Å²) in [5.41, 5.74) is 2.82. The summed E-state index contributed by atoms with van der Waals surface area (Å²) in [4.78, 5) is 41.2. The molecule has 0 fully saturated rings. The van der Waals surface area contributed by atoms with Crippen molar-refractivity contribution in [3.63, 3.8) is 0 Å². The molecule has 0 amide bonds. The highest BCUT2D eigenvalue weighted by atomic mass is 16.7. The molecule has 1 unspecified atom stereocenters. The molecule has 1 aromatic heterocycles. The summed E-state index contributed by atoms with van der Waals surface area (Å²) in [6.07, 6.45) is 4.69.